The van der Waals surface area contributed by atoms with Crippen molar-refractivity contribution in [3.8, 4) is 5.75 Å². The van der Waals surface area contributed by atoms with Crippen LogP contribution in [-0.4, -0.2) is 44.4 Å². The van der Waals surface area contributed by atoms with Gasteiger partial charge in [0.25, 0.3) is 5.91 Å². The highest BCUT2D eigenvalue weighted by Crippen LogP contribution is 2.14. The second-order valence-corrected chi connectivity index (χ2v) is 6.09. The van der Waals surface area contributed by atoms with Crippen LogP contribution in [0.5, 0.6) is 5.75 Å². The van der Waals surface area contributed by atoms with E-state index < -0.39 is 5.97 Å². The molecular weight excluding hydrogens is 370 g/mol. The monoisotopic (exact) mass is 397 g/mol. The Morgan fingerprint density at radius 2 is 1.66 bits per heavy atom. The largest absolute Gasteiger partial charge is 0.484 e. The number of hydrazone groups is 1. The molecule has 0 bridgehead atoms. The van der Waals surface area contributed by atoms with Crippen molar-refractivity contribution in [2.75, 3.05) is 31.2 Å². The third-order valence-corrected chi connectivity index (χ3v) is 4.16. The van der Waals surface area contributed by atoms with Crippen LogP contribution in [0.3, 0.4) is 0 Å². The molecule has 29 heavy (non-hydrogen) atoms. The number of nitrogens with zero attached hydrogens (tertiary/aromatic N) is 2. The predicted octanol–water partition coefficient (Wildman–Crippen LogP) is 3.24. The zero-order chi connectivity index (χ0) is 21.1. The summed E-state index contributed by atoms with van der Waals surface area (Å²) in [6, 6.07) is 14.4. The van der Waals surface area contributed by atoms with E-state index in [-0.39, 0.29) is 12.5 Å². The van der Waals surface area contributed by atoms with E-state index in [1.54, 1.807) is 37.4 Å². The molecule has 154 valence electrons. The van der Waals surface area contributed by atoms with Crippen LogP contribution in [0.2, 0.25) is 0 Å². The molecule has 2 aromatic carbocycles. The number of ether oxygens (including phenoxy) is 2. The molecule has 0 saturated carbocycles. The third-order valence-electron chi connectivity index (χ3n) is 4.16. The van der Waals surface area contributed by atoms with Crippen LogP contribution in [0.1, 0.15) is 36.7 Å². The van der Waals surface area contributed by atoms with Gasteiger partial charge in [-0.2, -0.15) is 5.10 Å². The van der Waals surface area contributed by atoms with Gasteiger partial charge in [-0.05, 0) is 62.7 Å². The van der Waals surface area contributed by atoms with Crippen molar-refractivity contribution in [3.63, 3.8) is 0 Å². The molecule has 0 saturated heterocycles. The maximum Gasteiger partial charge on any atom is 0.338 e. The first-order chi connectivity index (χ1) is 14.1. The molecule has 0 fully saturated rings. The molecule has 0 aliphatic carbocycles. The molecule has 7 nitrogen and oxygen atoms in total. The van der Waals surface area contributed by atoms with Gasteiger partial charge in [-0.25, -0.2) is 10.2 Å². The Kier molecular flexibility index (Phi) is 8.69. The van der Waals surface area contributed by atoms with Crippen molar-refractivity contribution in [2.24, 2.45) is 5.10 Å². The van der Waals surface area contributed by atoms with Crippen molar-refractivity contribution < 1.29 is 19.1 Å². The minimum Gasteiger partial charge on any atom is -0.484 e. The number of amides is 1. The molecule has 1 N–H and O–H groups in total. The smallest absolute Gasteiger partial charge is 0.338 e. The van der Waals surface area contributed by atoms with Gasteiger partial charge in [-0.3, -0.25) is 4.79 Å². The molecule has 0 unspecified atom stereocenters. The average molecular weight is 397 g/mol. The molecular formula is C22H27N3O4. The van der Waals surface area contributed by atoms with Crippen molar-refractivity contribution in [3.05, 3.63) is 59.7 Å². The van der Waals surface area contributed by atoms with E-state index in [2.05, 4.69) is 29.3 Å². The van der Waals surface area contributed by atoms with Crippen molar-refractivity contribution in [1.82, 2.24) is 5.43 Å². The Labute approximate surface area is 171 Å². The van der Waals surface area contributed by atoms with E-state index in [9.17, 15) is 9.59 Å². The number of benzene rings is 2. The first-order valence-electron chi connectivity index (χ1n) is 9.64. The molecule has 0 radical (unpaired) electrons. The fourth-order valence-corrected chi connectivity index (χ4v) is 2.62. The second-order valence-electron chi connectivity index (χ2n) is 6.09. The highest BCUT2D eigenvalue weighted by Gasteiger charge is 2.07. The van der Waals surface area contributed by atoms with Gasteiger partial charge in [0.15, 0.2) is 6.61 Å². The fourth-order valence-electron chi connectivity index (χ4n) is 2.62. The lowest BCUT2D eigenvalue weighted by molar-refractivity contribution is -0.123. The van der Waals surface area contributed by atoms with Crippen LogP contribution < -0.4 is 15.1 Å². The second kappa shape index (κ2) is 11.5. The number of anilines is 1. The molecule has 0 aliphatic rings. The normalized spacial score (nSPS) is 10.6. The van der Waals surface area contributed by atoms with Crippen LogP contribution in [0.25, 0.3) is 0 Å². The number of carbonyl (C=O) groups excluding carboxylic acids is 2. The number of hydrogen-bond donors (Lipinski definition) is 1. The van der Waals surface area contributed by atoms with Crippen LogP contribution in [-0.2, 0) is 9.53 Å². The summed E-state index contributed by atoms with van der Waals surface area (Å²) in [5, 5.41) is 3.95. The molecule has 1 amide bonds. The zero-order valence-electron chi connectivity index (χ0n) is 17.1. The van der Waals surface area contributed by atoms with Gasteiger partial charge >= 0.3 is 5.97 Å². The van der Waals surface area contributed by atoms with Crippen LogP contribution in [0, 0.1) is 0 Å². The first kappa shape index (κ1) is 21.9. The van der Waals surface area contributed by atoms with E-state index in [1.165, 1.54) is 0 Å². The van der Waals surface area contributed by atoms with Crippen LogP contribution in [0.4, 0.5) is 5.69 Å². The van der Waals surface area contributed by atoms with Gasteiger partial charge in [0.2, 0.25) is 0 Å². The maximum atomic E-state index is 11.9. The summed E-state index contributed by atoms with van der Waals surface area (Å²) >= 11 is 0. The van der Waals surface area contributed by atoms with Gasteiger partial charge in [0.05, 0.1) is 18.4 Å². The van der Waals surface area contributed by atoms with Crippen molar-refractivity contribution in [2.45, 2.75) is 20.8 Å². The van der Waals surface area contributed by atoms with E-state index >= 15 is 0 Å². The summed E-state index contributed by atoms with van der Waals surface area (Å²) < 4.78 is 10.3. The first-order valence-corrected chi connectivity index (χ1v) is 9.64. The Bertz CT molecular complexity index is 813. The number of carbonyl (C=O) groups is 2. The number of nitrogens with one attached hydrogen (secondary N) is 1. The molecule has 0 atom stereocenters. The Hall–Kier alpha value is -3.35. The van der Waals surface area contributed by atoms with Crippen LogP contribution in [0.15, 0.2) is 53.6 Å². The maximum absolute atomic E-state index is 11.9. The molecule has 2 aromatic rings. The van der Waals surface area contributed by atoms with Gasteiger partial charge in [0.1, 0.15) is 5.75 Å². The third kappa shape index (κ3) is 6.95. The molecule has 0 aromatic heterocycles. The summed E-state index contributed by atoms with van der Waals surface area (Å²) in [5.41, 5.74) is 4.90. The topological polar surface area (TPSA) is 80.2 Å². The Balaban J connectivity index is 1.78. The van der Waals surface area contributed by atoms with E-state index in [0.717, 1.165) is 24.3 Å². The lowest BCUT2D eigenvalue weighted by atomic mass is 10.2. The fraction of sp³-hybridized carbons (Fsp3) is 0.318. The summed E-state index contributed by atoms with van der Waals surface area (Å²) in [6.07, 6.45) is 1.58. The SMILES string of the molecule is CCOC(=O)c1ccc(OCC(=O)N/N=C/c2ccc(N(CC)CC)cc2)cc1. The van der Waals surface area contributed by atoms with Gasteiger partial charge in [0, 0.05) is 18.8 Å². The highest BCUT2D eigenvalue weighted by molar-refractivity contribution is 5.89. The summed E-state index contributed by atoms with van der Waals surface area (Å²) in [4.78, 5) is 25.7. The van der Waals surface area contributed by atoms with Crippen molar-refractivity contribution >= 4 is 23.8 Å². The Morgan fingerprint density at radius 3 is 2.24 bits per heavy atom. The summed E-state index contributed by atoms with van der Waals surface area (Å²) in [6.45, 7) is 8.01. The quantitative estimate of drug-likeness (QED) is 0.378. The zero-order valence-corrected chi connectivity index (χ0v) is 17.1. The van der Waals surface area contributed by atoms with Gasteiger partial charge < -0.3 is 14.4 Å². The lowest BCUT2D eigenvalue weighted by Crippen LogP contribution is -2.24. The molecule has 0 aliphatic heterocycles. The summed E-state index contributed by atoms with van der Waals surface area (Å²) in [5.74, 6) is -0.295. The minimum atomic E-state index is -0.392. The average Bonchev–Trinajstić information content (AvgIpc) is 2.75. The highest BCUT2D eigenvalue weighted by atomic mass is 16.5. The van der Waals surface area contributed by atoms with Crippen molar-refractivity contribution in [1.29, 1.82) is 0 Å². The standard InChI is InChI=1S/C22H27N3O4/c1-4-25(5-2)19-11-7-17(8-12-19)15-23-24-21(26)16-29-20-13-9-18(10-14-20)22(27)28-6-3/h7-15H,4-6,16H2,1-3H3,(H,24,26)/b23-15+. The number of esters is 1. The minimum absolute atomic E-state index is 0.184. The van der Waals surface area contributed by atoms with E-state index in [1.807, 2.05) is 24.3 Å². The van der Waals surface area contributed by atoms with Gasteiger partial charge in [-0.15, -0.1) is 0 Å². The molecule has 0 spiro atoms. The molecule has 2 rings (SSSR count). The Morgan fingerprint density at radius 1 is 1.00 bits per heavy atom. The van der Waals surface area contributed by atoms with E-state index in [4.69, 9.17) is 9.47 Å². The number of hydrogen-bond acceptors (Lipinski definition) is 6. The number of rotatable bonds is 10. The molecule has 7 heteroatoms. The van der Waals surface area contributed by atoms with Crippen LogP contribution >= 0.6 is 0 Å². The predicted molar refractivity (Wildman–Crippen MR) is 114 cm³/mol. The summed E-state index contributed by atoms with van der Waals surface area (Å²) in [7, 11) is 0. The lowest BCUT2D eigenvalue weighted by Gasteiger charge is -2.20. The van der Waals surface area contributed by atoms with Gasteiger partial charge in [-0.1, -0.05) is 12.1 Å². The molecule has 0 heterocycles. The van der Waals surface area contributed by atoms with E-state index in [0.29, 0.717) is 17.9 Å².